The van der Waals surface area contributed by atoms with E-state index in [1.54, 1.807) is 43.8 Å². The first kappa shape index (κ1) is 20.1. The van der Waals surface area contributed by atoms with E-state index >= 15 is 0 Å². The molecule has 7 nitrogen and oxygen atoms in total. The van der Waals surface area contributed by atoms with Gasteiger partial charge >= 0.3 is 0 Å². The molecule has 0 aliphatic carbocycles. The second-order valence-corrected chi connectivity index (χ2v) is 7.58. The lowest BCUT2D eigenvalue weighted by molar-refractivity contribution is -0.140. The quantitative estimate of drug-likeness (QED) is 0.342. The normalized spacial score (nSPS) is 22.3. The van der Waals surface area contributed by atoms with Gasteiger partial charge in [-0.25, -0.2) is 0 Å². The van der Waals surface area contributed by atoms with E-state index in [0.29, 0.717) is 30.7 Å². The molecule has 0 bridgehead atoms. The predicted octanol–water partition coefficient (Wildman–Crippen LogP) is 2.86. The summed E-state index contributed by atoms with van der Waals surface area (Å²) in [6.07, 6.45) is 4.62. The topological polar surface area (TPSA) is 89.0 Å². The fraction of sp³-hybridized carbons (Fsp3) is 0.348. The minimum absolute atomic E-state index is 0.0687. The molecule has 4 rings (SSSR count). The van der Waals surface area contributed by atoms with Gasteiger partial charge in [-0.2, -0.15) is 0 Å². The summed E-state index contributed by atoms with van der Waals surface area (Å²) in [4.78, 5) is 31.4. The van der Waals surface area contributed by atoms with Gasteiger partial charge in [0.15, 0.2) is 0 Å². The van der Waals surface area contributed by atoms with Crippen LogP contribution < -0.4 is 4.74 Å². The largest absolute Gasteiger partial charge is 0.507 e. The summed E-state index contributed by atoms with van der Waals surface area (Å²) in [5.41, 5.74) is 2.22. The number of fused-ring (bicyclic) bond motifs is 1. The third kappa shape index (κ3) is 3.57. The number of pyridine rings is 1. The standard InChI is InChI=1S/C23H24N2O5/c1-14-11-17-12-15(6-7-18(17)30-14)21(26)19-20(16-5-3-8-24-13-16)25(9-4-10-29-2)23(28)22(19)27/h3,5-8,12-14,20,26H,4,9-11H2,1-2H3/t14-,20-/m1/s1. The molecule has 7 heteroatoms. The molecule has 0 spiro atoms. The van der Waals surface area contributed by atoms with Crippen LogP contribution in [0, 0.1) is 0 Å². The number of ether oxygens (including phenoxy) is 2. The second-order valence-electron chi connectivity index (χ2n) is 7.58. The number of benzene rings is 1. The van der Waals surface area contributed by atoms with Gasteiger partial charge in [0.2, 0.25) is 0 Å². The summed E-state index contributed by atoms with van der Waals surface area (Å²) < 4.78 is 10.8. The van der Waals surface area contributed by atoms with Crippen LogP contribution in [0.4, 0.5) is 0 Å². The summed E-state index contributed by atoms with van der Waals surface area (Å²) >= 11 is 0. The molecular formula is C23H24N2O5. The molecule has 1 fully saturated rings. The van der Waals surface area contributed by atoms with Gasteiger partial charge < -0.3 is 19.5 Å². The molecule has 2 aliphatic rings. The number of aliphatic hydroxyl groups is 1. The van der Waals surface area contributed by atoms with Crippen molar-refractivity contribution >= 4 is 17.4 Å². The number of hydrogen-bond donors (Lipinski definition) is 1. The zero-order chi connectivity index (χ0) is 21.3. The van der Waals surface area contributed by atoms with E-state index in [0.717, 1.165) is 17.7 Å². The van der Waals surface area contributed by atoms with E-state index in [1.165, 1.54) is 4.90 Å². The SMILES string of the molecule is COCCCN1C(=O)C(=O)C(=C(O)c2ccc3c(c2)C[C@@H](C)O3)[C@H]1c1cccnc1. The summed E-state index contributed by atoms with van der Waals surface area (Å²) in [5.74, 6) is -0.717. The van der Waals surface area contributed by atoms with Gasteiger partial charge in [-0.1, -0.05) is 6.07 Å². The van der Waals surface area contributed by atoms with Gasteiger partial charge in [0.05, 0.1) is 11.6 Å². The molecule has 1 aromatic heterocycles. The van der Waals surface area contributed by atoms with Crippen LogP contribution >= 0.6 is 0 Å². The van der Waals surface area contributed by atoms with Crippen LogP contribution in [-0.4, -0.2) is 53.0 Å². The zero-order valence-corrected chi connectivity index (χ0v) is 17.0. The van der Waals surface area contributed by atoms with Crippen molar-refractivity contribution in [3.63, 3.8) is 0 Å². The van der Waals surface area contributed by atoms with E-state index < -0.39 is 17.7 Å². The van der Waals surface area contributed by atoms with Gasteiger partial charge in [0, 0.05) is 44.6 Å². The molecule has 1 saturated heterocycles. The number of aliphatic hydroxyl groups excluding tert-OH is 1. The van der Waals surface area contributed by atoms with Crippen LogP contribution in [0.15, 0.2) is 48.3 Å². The van der Waals surface area contributed by atoms with Gasteiger partial charge in [-0.3, -0.25) is 14.6 Å². The number of hydrogen-bond acceptors (Lipinski definition) is 6. The van der Waals surface area contributed by atoms with Crippen molar-refractivity contribution < 1.29 is 24.2 Å². The molecular weight excluding hydrogens is 384 g/mol. The smallest absolute Gasteiger partial charge is 0.295 e. The van der Waals surface area contributed by atoms with E-state index in [9.17, 15) is 14.7 Å². The Morgan fingerprint density at radius 3 is 2.90 bits per heavy atom. The number of ketones is 1. The van der Waals surface area contributed by atoms with Crippen molar-refractivity contribution in [1.82, 2.24) is 9.88 Å². The summed E-state index contributed by atoms with van der Waals surface area (Å²) in [6, 6.07) is 8.19. The Morgan fingerprint density at radius 1 is 1.33 bits per heavy atom. The highest BCUT2D eigenvalue weighted by atomic mass is 16.5. The Labute approximate surface area is 174 Å². The van der Waals surface area contributed by atoms with Crippen molar-refractivity contribution in [1.29, 1.82) is 0 Å². The summed E-state index contributed by atoms with van der Waals surface area (Å²) in [6.45, 7) is 2.78. The first-order valence-corrected chi connectivity index (χ1v) is 9.98. The average molecular weight is 408 g/mol. The summed E-state index contributed by atoms with van der Waals surface area (Å²) in [7, 11) is 1.59. The first-order chi connectivity index (χ1) is 14.5. The summed E-state index contributed by atoms with van der Waals surface area (Å²) in [5, 5.41) is 11.1. The highest BCUT2D eigenvalue weighted by Crippen LogP contribution is 2.40. The zero-order valence-electron chi connectivity index (χ0n) is 17.0. The maximum atomic E-state index is 12.9. The predicted molar refractivity (Wildman–Crippen MR) is 110 cm³/mol. The van der Waals surface area contributed by atoms with Gasteiger partial charge in [0.25, 0.3) is 11.7 Å². The molecule has 1 amide bonds. The third-order valence-corrected chi connectivity index (χ3v) is 5.46. The van der Waals surface area contributed by atoms with Crippen LogP contribution in [0.2, 0.25) is 0 Å². The van der Waals surface area contributed by atoms with Crippen LogP contribution in [0.1, 0.15) is 36.1 Å². The molecule has 3 heterocycles. The van der Waals surface area contributed by atoms with E-state index in [4.69, 9.17) is 9.47 Å². The number of Topliss-reactive ketones (excluding diaryl/α,β-unsaturated/α-hetero) is 1. The molecule has 2 atom stereocenters. The minimum Gasteiger partial charge on any atom is -0.507 e. The molecule has 2 aromatic rings. The third-order valence-electron chi connectivity index (χ3n) is 5.46. The molecule has 0 saturated carbocycles. The van der Waals surface area contributed by atoms with Crippen LogP contribution in [-0.2, 0) is 20.7 Å². The Bertz CT molecular complexity index is 1000. The van der Waals surface area contributed by atoms with Crippen molar-refractivity contribution in [2.75, 3.05) is 20.3 Å². The average Bonchev–Trinajstić information content (AvgIpc) is 3.25. The number of amides is 1. The monoisotopic (exact) mass is 408 g/mol. The lowest BCUT2D eigenvalue weighted by Crippen LogP contribution is -2.31. The van der Waals surface area contributed by atoms with Crippen LogP contribution in [0.25, 0.3) is 5.76 Å². The molecule has 1 aromatic carbocycles. The van der Waals surface area contributed by atoms with Crippen LogP contribution in [0.3, 0.4) is 0 Å². The lowest BCUT2D eigenvalue weighted by atomic mass is 9.95. The van der Waals surface area contributed by atoms with Crippen molar-refractivity contribution in [2.45, 2.75) is 31.9 Å². The molecule has 0 radical (unpaired) electrons. The molecule has 156 valence electrons. The molecule has 1 N–H and O–H groups in total. The second kappa shape index (κ2) is 8.28. The number of aromatic nitrogens is 1. The fourth-order valence-corrected chi connectivity index (χ4v) is 4.10. The molecule has 30 heavy (non-hydrogen) atoms. The first-order valence-electron chi connectivity index (χ1n) is 9.98. The number of carbonyl (C=O) groups is 2. The number of rotatable bonds is 6. The van der Waals surface area contributed by atoms with Gasteiger partial charge in [0.1, 0.15) is 17.6 Å². The Kier molecular flexibility index (Phi) is 5.55. The van der Waals surface area contributed by atoms with Crippen molar-refractivity contribution in [3.8, 4) is 5.75 Å². The van der Waals surface area contributed by atoms with Crippen molar-refractivity contribution in [3.05, 3.63) is 65.0 Å². The Hall–Kier alpha value is -3.19. The van der Waals surface area contributed by atoms with Gasteiger partial charge in [-0.05, 0) is 48.7 Å². The number of carbonyl (C=O) groups excluding carboxylic acids is 2. The number of methoxy groups -OCH3 is 1. The molecule has 0 unspecified atom stereocenters. The highest BCUT2D eigenvalue weighted by molar-refractivity contribution is 6.46. The fourth-order valence-electron chi connectivity index (χ4n) is 4.10. The lowest BCUT2D eigenvalue weighted by Gasteiger charge is -2.25. The molecule has 2 aliphatic heterocycles. The van der Waals surface area contributed by atoms with Crippen LogP contribution in [0.5, 0.6) is 5.75 Å². The Morgan fingerprint density at radius 2 is 2.17 bits per heavy atom. The van der Waals surface area contributed by atoms with E-state index in [2.05, 4.69) is 4.98 Å². The minimum atomic E-state index is -0.695. The van der Waals surface area contributed by atoms with Crippen molar-refractivity contribution in [2.24, 2.45) is 0 Å². The maximum Gasteiger partial charge on any atom is 0.295 e. The van der Waals surface area contributed by atoms with E-state index in [-0.39, 0.29) is 17.4 Å². The number of nitrogens with zero attached hydrogens (tertiary/aromatic N) is 2. The van der Waals surface area contributed by atoms with E-state index in [1.807, 2.05) is 13.0 Å². The van der Waals surface area contributed by atoms with Gasteiger partial charge in [-0.15, -0.1) is 0 Å². The highest BCUT2D eigenvalue weighted by Gasteiger charge is 2.46. The maximum absolute atomic E-state index is 12.9. The number of likely N-dealkylation sites (tertiary alicyclic amines) is 1. The Balaban J connectivity index is 1.78.